The molecule has 1 heterocycles. The van der Waals surface area contributed by atoms with E-state index in [1.807, 2.05) is 25.2 Å². The molecule has 0 N–H and O–H groups in total. The average molecular weight is 289 g/mol. The van der Waals surface area contributed by atoms with Gasteiger partial charge in [0.1, 0.15) is 11.5 Å². The quantitative estimate of drug-likeness (QED) is 0.799. The Morgan fingerprint density at radius 3 is 2.76 bits per heavy atom. The van der Waals surface area contributed by atoms with E-state index in [-0.39, 0.29) is 0 Å². The molecule has 1 aromatic heterocycles. The zero-order valence-corrected chi connectivity index (χ0v) is 12.5. The van der Waals surface area contributed by atoms with Crippen LogP contribution in [0.4, 0.5) is 5.95 Å². The maximum absolute atomic E-state index is 5.40. The molecule has 3 rings (SSSR count). The van der Waals surface area contributed by atoms with Gasteiger partial charge in [-0.3, -0.25) is 0 Å². The Hall–Kier alpha value is -2.31. The molecule has 0 unspecified atom stereocenters. The molecule has 2 aromatic rings. The minimum absolute atomic E-state index is 0.541. The smallest absolute Gasteiger partial charge is 0.245 e. The van der Waals surface area contributed by atoms with Gasteiger partial charge in [0.15, 0.2) is 0 Å². The standard InChI is InChI=1S/C14H19N5O2/c1-18(11-4-5-11)14-15-16-17-19(14)9-10-8-12(20-2)6-7-13(10)21-3/h6-8,11H,4-5,9H2,1-3H3. The van der Waals surface area contributed by atoms with Gasteiger partial charge in [0.25, 0.3) is 0 Å². The summed E-state index contributed by atoms with van der Waals surface area (Å²) >= 11 is 0. The van der Waals surface area contributed by atoms with Gasteiger partial charge >= 0.3 is 0 Å². The number of tetrazole rings is 1. The number of aromatic nitrogens is 4. The van der Waals surface area contributed by atoms with Gasteiger partial charge in [-0.15, -0.1) is 0 Å². The van der Waals surface area contributed by atoms with Crippen LogP contribution in [0.2, 0.25) is 0 Å². The molecule has 21 heavy (non-hydrogen) atoms. The lowest BCUT2D eigenvalue weighted by Crippen LogP contribution is -2.24. The number of methoxy groups -OCH3 is 2. The molecule has 0 radical (unpaired) electrons. The van der Waals surface area contributed by atoms with E-state index < -0.39 is 0 Å². The molecule has 1 aliphatic rings. The van der Waals surface area contributed by atoms with Crippen molar-refractivity contribution in [3.05, 3.63) is 23.8 Å². The SMILES string of the molecule is COc1ccc(OC)c(Cn2nnnc2N(C)C2CC2)c1. The molecule has 0 bridgehead atoms. The molecule has 7 heteroatoms. The highest BCUT2D eigenvalue weighted by atomic mass is 16.5. The van der Waals surface area contributed by atoms with Crippen molar-refractivity contribution in [2.45, 2.75) is 25.4 Å². The van der Waals surface area contributed by atoms with Crippen molar-refractivity contribution in [1.29, 1.82) is 0 Å². The van der Waals surface area contributed by atoms with Crippen LogP contribution in [0.1, 0.15) is 18.4 Å². The Kier molecular flexibility index (Phi) is 3.64. The number of hydrogen-bond donors (Lipinski definition) is 0. The van der Waals surface area contributed by atoms with E-state index in [9.17, 15) is 0 Å². The van der Waals surface area contributed by atoms with Crippen LogP contribution < -0.4 is 14.4 Å². The van der Waals surface area contributed by atoms with E-state index in [4.69, 9.17) is 9.47 Å². The summed E-state index contributed by atoms with van der Waals surface area (Å²) in [7, 11) is 5.33. The number of anilines is 1. The second kappa shape index (κ2) is 5.59. The summed E-state index contributed by atoms with van der Waals surface area (Å²) in [5.41, 5.74) is 0.981. The summed E-state index contributed by atoms with van der Waals surface area (Å²) < 4.78 is 12.5. The predicted octanol–water partition coefficient (Wildman–Crippen LogP) is 1.34. The fourth-order valence-corrected chi connectivity index (χ4v) is 2.35. The fourth-order valence-electron chi connectivity index (χ4n) is 2.35. The first kappa shape index (κ1) is 13.7. The lowest BCUT2D eigenvalue weighted by atomic mass is 10.2. The van der Waals surface area contributed by atoms with Crippen LogP contribution >= 0.6 is 0 Å². The minimum atomic E-state index is 0.541. The summed E-state index contributed by atoms with van der Waals surface area (Å²) in [4.78, 5) is 2.13. The van der Waals surface area contributed by atoms with E-state index in [0.717, 1.165) is 23.0 Å². The van der Waals surface area contributed by atoms with Crippen LogP contribution in [-0.2, 0) is 6.54 Å². The van der Waals surface area contributed by atoms with Gasteiger partial charge in [-0.25, -0.2) is 4.68 Å². The molecule has 1 fully saturated rings. The molecule has 0 saturated heterocycles. The maximum atomic E-state index is 5.40. The molecule has 7 nitrogen and oxygen atoms in total. The Morgan fingerprint density at radius 2 is 2.10 bits per heavy atom. The van der Waals surface area contributed by atoms with Gasteiger partial charge in [0.2, 0.25) is 5.95 Å². The second-order valence-electron chi connectivity index (χ2n) is 5.16. The summed E-state index contributed by atoms with van der Waals surface area (Å²) in [6.45, 7) is 0.541. The van der Waals surface area contributed by atoms with E-state index in [2.05, 4.69) is 20.4 Å². The van der Waals surface area contributed by atoms with Crippen molar-refractivity contribution in [3.63, 3.8) is 0 Å². The largest absolute Gasteiger partial charge is 0.497 e. The first-order valence-corrected chi connectivity index (χ1v) is 6.93. The van der Waals surface area contributed by atoms with E-state index in [1.165, 1.54) is 12.8 Å². The Balaban J connectivity index is 1.88. The zero-order valence-electron chi connectivity index (χ0n) is 12.5. The van der Waals surface area contributed by atoms with Crippen molar-refractivity contribution < 1.29 is 9.47 Å². The average Bonchev–Trinajstić information content (AvgIpc) is 3.26. The highest BCUT2D eigenvalue weighted by molar-refractivity contribution is 5.41. The van der Waals surface area contributed by atoms with Gasteiger partial charge < -0.3 is 14.4 Å². The van der Waals surface area contributed by atoms with Crippen LogP contribution in [0.3, 0.4) is 0 Å². The van der Waals surface area contributed by atoms with E-state index >= 15 is 0 Å². The molecule has 1 aliphatic carbocycles. The fraction of sp³-hybridized carbons (Fsp3) is 0.500. The zero-order chi connectivity index (χ0) is 14.8. The number of nitrogens with zero attached hydrogens (tertiary/aromatic N) is 5. The maximum Gasteiger partial charge on any atom is 0.245 e. The summed E-state index contributed by atoms with van der Waals surface area (Å²) in [6, 6.07) is 6.27. The lowest BCUT2D eigenvalue weighted by molar-refractivity contribution is 0.396. The Labute approximate surface area is 123 Å². The molecular weight excluding hydrogens is 270 g/mol. The molecule has 0 amide bonds. The van der Waals surface area contributed by atoms with Crippen molar-refractivity contribution in [1.82, 2.24) is 20.2 Å². The number of ether oxygens (including phenoxy) is 2. The highest BCUT2D eigenvalue weighted by Crippen LogP contribution is 2.30. The molecule has 0 atom stereocenters. The summed E-state index contributed by atoms with van der Waals surface area (Å²) in [5.74, 6) is 2.37. The molecule has 1 saturated carbocycles. The summed E-state index contributed by atoms with van der Waals surface area (Å²) in [6.07, 6.45) is 2.40. The van der Waals surface area contributed by atoms with Gasteiger partial charge in [-0.1, -0.05) is 5.10 Å². The van der Waals surface area contributed by atoms with E-state index in [0.29, 0.717) is 12.6 Å². The van der Waals surface area contributed by atoms with E-state index in [1.54, 1.807) is 18.9 Å². The second-order valence-corrected chi connectivity index (χ2v) is 5.16. The van der Waals surface area contributed by atoms with Crippen LogP contribution in [-0.4, -0.2) is 47.5 Å². The van der Waals surface area contributed by atoms with Crippen molar-refractivity contribution in [2.75, 3.05) is 26.2 Å². The van der Waals surface area contributed by atoms with Crippen molar-refractivity contribution in [3.8, 4) is 11.5 Å². The minimum Gasteiger partial charge on any atom is -0.497 e. The topological polar surface area (TPSA) is 65.3 Å². The molecule has 112 valence electrons. The monoisotopic (exact) mass is 289 g/mol. The Bertz CT molecular complexity index is 624. The highest BCUT2D eigenvalue weighted by Gasteiger charge is 2.29. The van der Waals surface area contributed by atoms with Crippen LogP contribution in [0.5, 0.6) is 11.5 Å². The number of benzene rings is 1. The predicted molar refractivity (Wildman–Crippen MR) is 77.9 cm³/mol. The normalized spacial score (nSPS) is 14.0. The van der Waals surface area contributed by atoms with Crippen molar-refractivity contribution >= 4 is 5.95 Å². The van der Waals surface area contributed by atoms with Crippen LogP contribution in [0.15, 0.2) is 18.2 Å². The van der Waals surface area contributed by atoms with Gasteiger partial charge in [0.05, 0.1) is 20.8 Å². The summed E-state index contributed by atoms with van der Waals surface area (Å²) in [5, 5.41) is 12.0. The van der Waals surface area contributed by atoms with Gasteiger partial charge in [-0.05, 0) is 41.5 Å². The number of hydrogen-bond acceptors (Lipinski definition) is 6. The third kappa shape index (κ3) is 2.76. The first-order chi connectivity index (χ1) is 10.2. The number of rotatable bonds is 6. The third-order valence-electron chi connectivity index (χ3n) is 3.73. The third-order valence-corrected chi connectivity index (χ3v) is 3.73. The van der Waals surface area contributed by atoms with Crippen LogP contribution in [0.25, 0.3) is 0 Å². The van der Waals surface area contributed by atoms with Gasteiger partial charge in [-0.2, -0.15) is 0 Å². The lowest BCUT2D eigenvalue weighted by Gasteiger charge is -2.17. The first-order valence-electron chi connectivity index (χ1n) is 6.93. The van der Waals surface area contributed by atoms with Gasteiger partial charge in [0, 0.05) is 18.7 Å². The molecule has 0 aliphatic heterocycles. The Morgan fingerprint density at radius 1 is 1.29 bits per heavy atom. The van der Waals surface area contributed by atoms with Crippen molar-refractivity contribution in [2.24, 2.45) is 0 Å². The molecule has 0 spiro atoms. The molecule has 1 aromatic carbocycles. The van der Waals surface area contributed by atoms with Crippen LogP contribution in [0, 0.1) is 0 Å². The molecular formula is C14H19N5O2.